The number of hydrogen-bond donors (Lipinski definition) is 0. The molecule has 0 bridgehead atoms. The first-order valence-electron chi connectivity index (χ1n) is 10.2. The van der Waals surface area contributed by atoms with Crippen molar-refractivity contribution in [1.82, 2.24) is 30.1 Å². The minimum Gasteiger partial charge on any atom is -0.415 e. The zero-order chi connectivity index (χ0) is 22.9. The van der Waals surface area contributed by atoms with Crippen LogP contribution in [0.5, 0.6) is 0 Å². The Hall–Kier alpha value is -3.12. The van der Waals surface area contributed by atoms with Crippen LogP contribution in [-0.2, 0) is 13.1 Å². The van der Waals surface area contributed by atoms with Gasteiger partial charge in [0.1, 0.15) is 17.7 Å². The predicted molar refractivity (Wildman–Crippen MR) is 112 cm³/mol. The van der Waals surface area contributed by atoms with Crippen LogP contribution in [0.15, 0.2) is 40.9 Å². The van der Waals surface area contributed by atoms with Crippen LogP contribution in [0.25, 0.3) is 22.0 Å². The second kappa shape index (κ2) is 9.02. The lowest BCUT2D eigenvalue weighted by molar-refractivity contribution is 0.116. The van der Waals surface area contributed by atoms with Gasteiger partial charge in [-0.15, -0.1) is 26.6 Å². The predicted octanol–water partition coefficient (Wildman–Crippen LogP) is 4.73. The molecule has 1 fully saturated rings. The van der Waals surface area contributed by atoms with E-state index in [1.54, 1.807) is 17.5 Å². The standard InChI is InChI=1S/C21H18F4N6OS/c22-14-5-6-30(9-14)10-15-3-4-18(33-15)17-11-31(29-26-17)8-13-2-1-12(7-16(13)23)20-27-28-21(32-20)19(24)25/h1-4,7,11,14,19H,5-6,8-10H2/t14-/m1/s1. The van der Waals surface area contributed by atoms with Gasteiger partial charge in [0.2, 0.25) is 5.89 Å². The third-order valence-corrected chi connectivity index (χ3v) is 6.40. The number of nitrogens with zero attached hydrogens (tertiary/aromatic N) is 6. The maximum absolute atomic E-state index is 14.6. The van der Waals surface area contributed by atoms with Crippen molar-refractivity contribution in [3.8, 4) is 22.0 Å². The number of halogens is 4. The Balaban J connectivity index is 1.26. The molecule has 1 saturated heterocycles. The van der Waals surface area contributed by atoms with E-state index in [-0.39, 0.29) is 18.0 Å². The monoisotopic (exact) mass is 478 g/mol. The Bertz CT molecular complexity index is 1260. The van der Waals surface area contributed by atoms with Crippen LogP contribution in [0.1, 0.15) is 29.2 Å². The second-order valence-corrected chi connectivity index (χ2v) is 8.91. The van der Waals surface area contributed by atoms with Crippen molar-refractivity contribution < 1.29 is 22.0 Å². The molecule has 1 aliphatic rings. The maximum atomic E-state index is 14.6. The van der Waals surface area contributed by atoms with E-state index in [0.29, 0.717) is 30.8 Å². The number of benzene rings is 1. The molecule has 3 aromatic heterocycles. The van der Waals surface area contributed by atoms with Crippen molar-refractivity contribution in [2.45, 2.75) is 32.1 Å². The van der Waals surface area contributed by atoms with Crippen molar-refractivity contribution in [3.63, 3.8) is 0 Å². The molecular formula is C21H18F4N6OS. The zero-order valence-corrected chi connectivity index (χ0v) is 18.0. The average Bonchev–Trinajstić information content (AvgIpc) is 3.57. The van der Waals surface area contributed by atoms with Crippen LogP contribution in [0.2, 0.25) is 0 Å². The molecule has 5 rings (SSSR count). The number of thiophene rings is 1. The van der Waals surface area contributed by atoms with Crippen LogP contribution in [-0.4, -0.2) is 49.4 Å². The highest BCUT2D eigenvalue weighted by Gasteiger charge is 2.22. The molecule has 0 N–H and O–H groups in total. The van der Waals surface area contributed by atoms with Gasteiger partial charge < -0.3 is 4.42 Å². The molecule has 172 valence electrons. The van der Waals surface area contributed by atoms with Gasteiger partial charge in [-0.3, -0.25) is 4.90 Å². The minimum atomic E-state index is -2.89. The number of hydrogen-bond acceptors (Lipinski definition) is 7. The minimum absolute atomic E-state index is 0.134. The van der Waals surface area contributed by atoms with Gasteiger partial charge in [-0.25, -0.2) is 13.5 Å². The van der Waals surface area contributed by atoms with Crippen molar-refractivity contribution in [3.05, 3.63) is 58.7 Å². The Labute approximate surface area is 189 Å². The highest BCUT2D eigenvalue weighted by atomic mass is 32.1. The SMILES string of the molecule is Fc1cc(-c2nnc(C(F)F)o2)ccc1Cn1cc(-c2ccc(CN3CC[C@@H](F)C3)s2)nn1. The molecule has 0 unspecified atom stereocenters. The van der Waals surface area contributed by atoms with E-state index in [4.69, 9.17) is 4.42 Å². The summed E-state index contributed by atoms with van der Waals surface area (Å²) in [6, 6.07) is 8.13. The summed E-state index contributed by atoms with van der Waals surface area (Å²) in [6.07, 6.45) is -1.33. The largest absolute Gasteiger partial charge is 0.415 e. The summed E-state index contributed by atoms with van der Waals surface area (Å²) in [5.74, 6) is -1.55. The smallest absolute Gasteiger partial charge is 0.314 e. The lowest BCUT2D eigenvalue weighted by Gasteiger charge is -2.12. The molecule has 12 heteroatoms. The fourth-order valence-electron chi connectivity index (χ4n) is 3.66. The summed E-state index contributed by atoms with van der Waals surface area (Å²) >= 11 is 1.57. The molecule has 0 aliphatic carbocycles. The lowest BCUT2D eigenvalue weighted by atomic mass is 10.1. The zero-order valence-electron chi connectivity index (χ0n) is 17.2. The van der Waals surface area contributed by atoms with E-state index in [9.17, 15) is 17.6 Å². The Morgan fingerprint density at radius 1 is 1.12 bits per heavy atom. The highest BCUT2D eigenvalue weighted by Crippen LogP contribution is 2.29. The maximum Gasteiger partial charge on any atom is 0.314 e. The van der Waals surface area contributed by atoms with Crippen LogP contribution >= 0.6 is 11.3 Å². The summed E-state index contributed by atoms with van der Waals surface area (Å²) in [6.45, 7) is 2.06. The Morgan fingerprint density at radius 2 is 2.00 bits per heavy atom. The van der Waals surface area contributed by atoms with E-state index in [1.807, 2.05) is 12.1 Å². The molecule has 4 aromatic rings. The van der Waals surface area contributed by atoms with Gasteiger partial charge in [-0.2, -0.15) is 8.78 Å². The van der Waals surface area contributed by atoms with Crippen molar-refractivity contribution in [1.29, 1.82) is 0 Å². The molecule has 0 saturated carbocycles. The molecule has 1 atom stereocenters. The van der Waals surface area contributed by atoms with Crippen LogP contribution in [0.4, 0.5) is 17.6 Å². The molecule has 0 radical (unpaired) electrons. The van der Waals surface area contributed by atoms with Gasteiger partial charge >= 0.3 is 6.43 Å². The topological polar surface area (TPSA) is 72.9 Å². The second-order valence-electron chi connectivity index (χ2n) is 7.74. The fourth-order valence-corrected chi connectivity index (χ4v) is 4.66. The average molecular weight is 478 g/mol. The van der Waals surface area contributed by atoms with Gasteiger partial charge in [0.15, 0.2) is 0 Å². The summed E-state index contributed by atoms with van der Waals surface area (Å²) in [5, 5.41) is 15.0. The van der Waals surface area contributed by atoms with E-state index < -0.39 is 24.3 Å². The molecule has 4 heterocycles. The van der Waals surface area contributed by atoms with Gasteiger partial charge in [0, 0.05) is 35.6 Å². The third kappa shape index (κ3) is 4.81. The van der Waals surface area contributed by atoms with Gasteiger partial charge in [-0.05, 0) is 30.7 Å². The van der Waals surface area contributed by atoms with E-state index in [1.165, 1.54) is 16.8 Å². The summed E-state index contributed by atoms with van der Waals surface area (Å²) in [4.78, 5) is 4.13. The van der Waals surface area contributed by atoms with Crippen LogP contribution in [0, 0.1) is 5.82 Å². The van der Waals surface area contributed by atoms with E-state index >= 15 is 0 Å². The molecule has 7 nitrogen and oxygen atoms in total. The highest BCUT2D eigenvalue weighted by molar-refractivity contribution is 7.15. The molecular weight excluding hydrogens is 460 g/mol. The summed E-state index contributed by atoms with van der Waals surface area (Å²) in [7, 11) is 0. The van der Waals surface area contributed by atoms with Gasteiger partial charge in [0.25, 0.3) is 5.89 Å². The lowest BCUT2D eigenvalue weighted by Crippen LogP contribution is -2.19. The summed E-state index contributed by atoms with van der Waals surface area (Å²) < 4.78 is 59.6. The van der Waals surface area contributed by atoms with Crippen LogP contribution < -0.4 is 0 Å². The fraction of sp³-hybridized carbons (Fsp3) is 0.333. The van der Waals surface area contributed by atoms with Crippen molar-refractivity contribution in [2.75, 3.05) is 13.1 Å². The number of likely N-dealkylation sites (tertiary alicyclic amines) is 1. The van der Waals surface area contributed by atoms with E-state index in [2.05, 4.69) is 25.4 Å². The molecule has 0 spiro atoms. The van der Waals surface area contributed by atoms with Gasteiger partial charge in [0.05, 0.1) is 17.6 Å². The number of aromatic nitrogens is 5. The summed E-state index contributed by atoms with van der Waals surface area (Å²) in [5.41, 5.74) is 1.21. The van der Waals surface area contributed by atoms with E-state index in [0.717, 1.165) is 22.4 Å². The Kier molecular flexibility index (Phi) is 5.94. The number of rotatable bonds is 7. The molecule has 1 aromatic carbocycles. The molecule has 0 amide bonds. The third-order valence-electron chi connectivity index (χ3n) is 5.31. The quantitative estimate of drug-likeness (QED) is 0.358. The van der Waals surface area contributed by atoms with Crippen molar-refractivity contribution in [2.24, 2.45) is 0 Å². The Morgan fingerprint density at radius 3 is 2.73 bits per heavy atom. The molecule has 1 aliphatic heterocycles. The van der Waals surface area contributed by atoms with Gasteiger partial charge in [-0.1, -0.05) is 11.3 Å². The van der Waals surface area contributed by atoms with Crippen molar-refractivity contribution >= 4 is 11.3 Å². The number of alkyl halides is 3. The first-order chi connectivity index (χ1) is 15.9. The molecule has 33 heavy (non-hydrogen) atoms. The first kappa shape index (κ1) is 21.7. The first-order valence-corrected chi connectivity index (χ1v) is 11.0. The van der Waals surface area contributed by atoms with Crippen LogP contribution in [0.3, 0.4) is 0 Å². The normalized spacial score (nSPS) is 16.8.